The zero-order valence-electron chi connectivity index (χ0n) is 11.0. The average Bonchev–Trinajstić information content (AvgIpc) is 2.93. The van der Waals surface area contributed by atoms with E-state index in [1.807, 2.05) is 6.07 Å². The molecule has 0 aliphatic carbocycles. The van der Waals surface area contributed by atoms with Crippen LogP contribution in [0.1, 0.15) is 17.7 Å². The Bertz CT molecular complexity index is 580. The van der Waals surface area contributed by atoms with E-state index in [4.69, 9.17) is 0 Å². The van der Waals surface area contributed by atoms with E-state index in [9.17, 15) is 4.39 Å². The third kappa shape index (κ3) is 1.83. The molecule has 96 valence electrons. The first-order chi connectivity index (χ1) is 8.66. The largest absolute Gasteiger partial charge is 0.348 e. The molecular weight excluding hydrogens is 227 g/mol. The molecule has 0 bridgehead atoms. The quantitative estimate of drug-likeness (QED) is 0.862. The van der Waals surface area contributed by atoms with Gasteiger partial charge in [0, 0.05) is 23.6 Å². The Morgan fingerprint density at radius 2 is 2.28 bits per heavy atom. The number of benzene rings is 1. The van der Waals surface area contributed by atoms with Crippen LogP contribution in [0.15, 0.2) is 18.2 Å². The number of aromatic nitrogens is 1. The second-order valence-corrected chi connectivity index (χ2v) is 5.35. The maximum atomic E-state index is 13.4. The van der Waals surface area contributed by atoms with Crippen LogP contribution < -0.4 is 5.32 Å². The number of hydrogen-bond donors (Lipinski definition) is 1. The van der Waals surface area contributed by atoms with Crippen molar-refractivity contribution in [2.75, 3.05) is 13.1 Å². The van der Waals surface area contributed by atoms with Crippen LogP contribution in [0.5, 0.6) is 0 Å². The molecule has 1 aliphatic heterocycles. The Labute approximate surface area is 107 Å². The first-order valence-corrected chi connectivity index (χ1v) is 6.61. The summed E-state index contributed by atoms with van der Waals surface area (Å²) < 4.78 is 15.6. The van der Waals surface area contributed by atoms with Crippen molar-refractivity contribution in [2.45, 2.75) is 19.8 Å². The van der Waals surface area contributed by atoms with Gasteiger partial charge >= 0.3 is 0 Å². The highest BCUT2D eigenvalue weighted by Crippen LogP contribution is 2.29. The first kappa shape index (κ1) is 11.7. The van der Waals surface area contributed by atoms with Crippen LogP contribution in [-0.2, 0) is 13.5 Å². The molecular formula is C15H19FN2. The van der Waals surface area contributed by atoms with E-state index in [-0.39, 0.29) is 5.82 Å². The summed E-state index contributed by atoms with van der Waals surface area (Å²) in [5.74, 6) is 0.552. The molecule has 3 rings (SSSR count). The van der Waals surface area contributed by atoms with Gasteiger partial charge in [-0.15, -0.1) is 0 Å². The maximum absolute atomic E-state index is 13.4. The summed E-state index contributed by atoms with van der Waals surface area (Å²) in [6, 6.07) is 5.11. The van der Waals surface area contributed by atoms with E-state index in [0.717, 1.165) is 30.4 Å². The number of halogens is 1. The second-order valence-electron chi connectivity index (χ2n) is 5.35. The third-order valence-corrected chi connectivity index (χ3v) is 4.24. The highest BCUT2D eigenvalue weighted by Gasteiger charge is 2.19. The van der Waals surface area contributed by atoms with Gasteiger partial charge in [0.25, 0.3) is 0 Å². The normalized spacial score (nSPS) is 19.8. The van der Waals surface area contributed by atoms with Gasteiger partial charge in [-0.05, 0) is 62.5 Å². The van der Waals surface area contributed by atoms with Crippen LogP contribution >= 0.6 is 0 Å². The number of aryl methyl sites for hydroxylation is 1. The van der Waals surface area contributed by atoms with Gasteiger partial charge in [0.1, 0.15) is 5.82 Å². The summed E-state index contributed by atoms with van der Waals surface area (Å²) >= 11 is 0. The zero-order valence-corrected chi connectivity index (χ0v) is 11.0. The summed E-state index contributed by atoms with van der Waals surface area (Å²) in [6.45, 7) is 4.34. The van der Waals surface area contributed by atoms with E-state index < -0.39 is 0 Å². The second kappa shape index (κ2) is 4.39. The SMILES string of the molecule is Cc1c(CC2CCNC2)c2cc(F)ccc2n1C. The average molecular weight is 246 g/mol. The van der Waals surface area contributed by atoms with Crippen LogP contribution in [0.25, 0.3) is 10.9 Å². The molecule has 1 atom stereocenters. The van der Waals surface area contributed by atoms with Gasteiger partial charge < -0.3 is 9.88 Å². The van der Waals surface area contributed by atoms with Gasteiger partial charge in [0.05, 0.1) is 0 Å². The van der Waals surface area contributed by atoms with Gasteiger partial charge in [-0.3, -0.25) is 0 Å². The summed E-state index contributed by atoms with van der Waals surface area (Å²) in [7, 11) is 2.06. The van der Waals surface area contributed by atoms with Crippen molar-refractivity contribution in [3.63, 3.8) is 0 Å². The van der Waals surface area contributed by atoms with E-state index in [0.29, 0.717) is 5.92 Å². The minimum atomic E-state index is -0.140. The number of nitrogens with one attached hydrogen (secondary N) is 1. The van der Waals surface area contributed by atoms with Crippen molar-refractivity contribution in [1.29, 1.82) is 0 Å². The molecule has 2 nitrogen and oxygen atoms in total. The molecule has 1 fully saturated rings. The lowest BCUT2D eigenvalue weighted by Gasteiger charge is -2.08. The highest BCUT2D eigenvalue weighted by atomic mass is 19.1. The Balaban J connectivity index is 2.08. The highest BCUT2D eigenvalue weighted by molar-refractivity contribution is 5.85. The van der Waals surface area contributed by atoms with Crippen molar-refractivity contribution in [1.82, 2.24) is 9.88 Å². The summed E-state index contributed by atoms with van der Waals surface area (Å²) in [5, 5.41) is 4.48. The maximum Gasteiger partial charge on any atom is 0.123 e. The minimum absolute atomic E-state index is 0.140. The topological polar surface area (TPSA) is 17.0 Å². The van der Waals surface area contributed by atoms with E-state index >= 15 is 0 Å². The molecule has 1 N–H and O–H groups in total. The van der Waals surface area contributed by atoms with Crippen molar-refractivity contribution in [2.24, 2.45) is 13.0 Å². The fourth-order valence-corrected chi connectivity index (χ4v) is 3.06. The smallest absolute Gasteiger partial charge is 0.123 e. The van der Waals surface area contributed by atoms with Gasteiger partial charge in [0.2, 0.25) is 0 Å². The number of rotatable bonds is 2. The summed E-state index contributed by atoms with van der Waals surface area (Å²) in [4.78, 5) is 0. The summed E-state index contributed by atoms with van der Waals surface area (Å²) in [6.07, 6.45) is 2.28. The molecule has 0 spiro atoms. The molecule has 1 aliphatic rings. The standard InChI is InChI=1S/C15H19FN2/c1-10-13(7-11-5-6-17-9-11)14-8-12(16)3-4-15(14)18(10)2/h3-4,8,11,17H,5-7,9H2,1-2H3. The Morgan fingerprint density at radius 3 is 3.00 bits per heavy atom. The molecule has 1 saturated heterocycles. The molecule has 1 unspecified atom stereocenters. The van der Waals surface area contributed by atoms with Gasteiger partial charge in [0.15, 0.2) is 0 Å². The van der Waals surface area contributed by atoms with Gasteiger partial charge in [-0.1, -0.05) is 0 Å². The Hall–Kier alpha value is -1.35. The van der Waals surface area contributed by atoms with Crippen molar-refractivity contribution >= 4 is 10.9 Å². The lowest BCUT2D eigenvalue weighted by atomic mass is 9.96. The van der Waals surface area contributed by atoms with E-state index in [1.165, 1.54) is 17.7 Å². The van der Waals surface area contributed by atoms with Crippen LogP contribution in [0, 0.1) is 18.7 Å². The van der Waals surface area contributed by atoms with Crippen LogP contribution in [0.3, 0.4) is 0 Å². The Morgan fingerprint density at radius 1 is 1.44 bits per heavy atom. The third-order valence-electron chi connectivity index (χ3n) is 4.24. The molecule has 2 heterocycles. The first-order valence-electron chi connectivity index (χ1n) is 6.61. The molecule has 2 aromatic rings. The van der Waals surface area contributed by atoms with E-state index in [2.05, 4.69) is 23.9 Å². The summed E-state index contributed by atoms with van der Waals surface area (Å²) in [5.41, 5.74) is 3.72. The van der Waals surface area contributed by atoms with Gasteiger partial charge in [-0.2, -0.15) is 0 Å². The van der Waals surface area contributed by atoms with Crippen molar-refractivity contribution in [3.05, 3.63) is 35.3 Å². The van der Waals surface area contributed by atoms with Crippen LogP contribution in [0.2, 0.25) is 0 Å². The fourth-order valence-electron chi connectivity index (χ4n) is 3.06. The van der Waals surface area contributed by atoms with Crippen LogP contribution in [0.4, 0.5) is 4.39 Å². The molecule has 1 aromatic heterocycles. The molecule has 0 amide bonds. The Kier molecular flexibility index (Phi) is 2.86. The molecule has 3 heteroatoms. The van der Waals surface area contributed by atoms with E-state index in [1.54, 1.807) is 12.1 Å². The zero-order chi connectivity index (χ0) is 12.7. The predicted molar refractivity (Wildman–Crippen MR) is 72.3 cm³/mol. The number of nitrogens with zero attached hydrogens (tertiary/aromatic N) is 1. The molecule has 0 radical (unpaired) electrons. The lowest BCUT2D eigenvalue weighted by Crippen LogP contribution is -2.11. The van der Waals surface area contributed by atoms with Crippen molar-refractivity contribution < 1.29 is 4.39 Å². The minimum Gasteiger partial charge on any atom is -0.348 e. The predicted octanol–water partition coefficient (Wildman–Crippen LogP) is 2.78. The molecule has 18 heavy (non-hydrogen) atoms. The number of fused-ring (bicyclic) bond motifs is 1. The van der Waals surface area contributed by atoms with Crippen molar-refractivity contribution in [3.8, 4) is 0 Å². The monoisotopic (exact) mass is 246 g/mol. The number of hydrogen-bond acceptors (Lipinski definition) is 1. The lowest BCUT2D eigenvalue weighted by molar-refractivity contribution is 0.579. The molecule has 0 saturated carbocycles. The fraction of sp³-hybridized carbons (Fsp3) is 0.467. The molecule has 1 aromatic carbocycles. The van der Waals surface area contributed by atoms with Crippen LogP contribution in [-0.4, -0.2) is 17.7 Å². The van der Waals surface area contributed by atoms with Gasteiger partial charge in [-0.25, -0.2) is 4.39 Å².